The highest BCUT2D eigenvalue weighted by Gasteiger charge is 2.15. The van der Waals surface area contributed by atoms with Crippen LogP contribution in [0.25, 0.3) is 0 Å². The first kappa shape index (κ1) is 15.5. The molecule has 1 unspecified atom stereocenters. The molecule has 1 aromatic rings. The largest absolute Gasteiger partial charge is 0.381 e. The molecule has 0 aliphatic carbocycles. The van der Waals surface area contributed by atoms with E-state index in [0.29, 0.717) is 17.1 Å². The molecule has 0 spiro atoms. The van der Waals surface area contributed by atoms with Gasteiger partial charge in [0.05, 0.1) is 18.4 Å². The highest BCUT2D eigenvalue weighted by molar-refractivity contribution is 9.10. The van der Waals surface area contributed by atoms with Crippen molar-refractivity contribution in [3.05, 3.63) is 21.0 Å². The van der Waals surface area contributed by atoms with Gasteiger partial charge in [0.25, 0.3) is 5.56 Å². The molecule has 1 aliphatic rings. The maximum atomic E-state index is 12.2. The number of nitrogens with one attached hydrogen (secondary N) is 2. The van der Waals surface area contributed by atoms with Gasteiger partial charge in [0.2, 0.25) is 0 Å². The van der Waals surface area contributed by atoms with Crippen molar-refractivity contribution >= 4 is 21.6 Å². The van der Waals surface area contributed by atoms with E-state index in [-0.39, 0.29) is 5.56 Å². The van der Waals surface area contributed by atoms with E-state index in [1.807, 2.05) is 19.0 Å². The Hall–Kier alpha value is -0.920. The number of rotatable bonds is 6. The maximum absolute atomic E-state index is 12.2. The van der Waals surface area contributed by atoms with Gasteiger partial charge in [-0.1, -0.05) is 0 Å². The van der Waals surface area contributed by atoms with E-state index >= 15 is 0 Å². The summed E-state index contributed by atoms with van der Waals surface area (Å²) in [6.45, 7) is 3.28. The van der Waals surface area contributed by atoms with E-state index in [0.717, 1.165) is 25.3 Å². The summed E-state index contributed by atoms with van der Waals surface area (Å²) >= 11 is 3.38. The molecular formula is C13H22BrN5O. The Balaban J connectivity index is 2.00. The summed E-state index contributed by atoms with van der Waals surface area (Å²) in [5, 5.41) is 10.9. The number of nitrogens with zero attached hydrogens (tertiary/aromatic N) is 3. The zero-order chi connectivity index (χ0) is 14.5. The molecule has 0 bridgehead atoms. The molecule has 1 saturated heterocycles. The van der Waals surface area contributed by atoms with Crippen molar-refractivity contribution in [2.75, 3.05) is 39.0 Å². The van der Waals surface area contributed by atoms with Crippen LogP contribution in [0.4, 0.5) is 5.69 Å². The summed E-state index contributed by atoms with van der Waals surface area (Å²) in [5.41, 5.74) is 0.682. The lowest BCUT2D eigenvalue weighted by Crippen LogP contribution is -2.32. The van der Waals surface area contributed by atoms with E-state index in [4.69, 9.17) is 0 Å². The molecule has 0 amide bonds. The average Bonchev–Trinajstić information content (AvgIpc) is 2.92. The first-order chi connectivity index (χ1) is 9.58. The molecule has 1 aromatic heterocycles. The fraction of sp³-hybridized carbons (Fsp3) is 0.692. The second-order valence-corrected chi connectivity index (χ2v) is 6.17. The summed E-state index contributed by atoms with van der Waals surface area (Å²) in [5.74, 6) is 0. The average molecular weight is 344 g/mol. The van der Waals surface area contributed by atoms with E-state index in [2.05, 4.69) is 31.7 Å². The SMILES string of the molecule is CN(C)CCn1ncc(NCC2CCCN2)c(Br)c1=O. The number of hydrogen-bond acceptors (Lipinski definition) is 5. The number of anilines is 1. The molecule has 7 heteroatoms. The van der Waals surface area contributed by atoms with Crippen LogP contribution in [0.2, 0.25) is 0 Å². The van der Waals surface area contributed by atoms with Crippen molar-refractivity contribution in [3.63, 3.8) is 0 Å². The Labute approximate surface area is 127 Å². The third-order valence-corrected chi connectivity index (χ3v) is 4.21. The summed E-state index contributed by atoms with van der Waals surface area (Å²) in [7, 11) is 3.95. The first-order valence-corrected chi connectivity index (χ1v) is 7.75. The van der Waals surface area contributed by atoms with Crippen LogP contribution >= 0.6 is 15.9 Å². The molecule has 0 aromatic carbocycles. The van der Waals surface area contributed by atoms with Gasteiger partial charge >= 0.3 is 0 Å². The lowest BCUT2D eigenvalue weighted by molar-refractivity contribution is 0.367. The summed E-state index contributed by atoms with van der Waals surface area (Å²) in [4.78, 5) is 14.2. The van der Waals surface area contributed by atoms with Crippen LogP contribution in [0.3, 0.4) is 0 Å². The Kier molecular flexibility index (Phi) is 5.56. The third-order valence-electron chi connectivity index (χ3n) is 3.45. The summed E-state index contributed by atoms with van der Waals surface area (Å²) in [6.07, 6.45) is 4.12. The van der Waals surface area contributed by atoms with Crippen molar-refractivity contribution in [1.82, 2.24) is 20.0 Å². The summed E-state index contributed by atoms with van der Waals surface area (Å²) < 4.78 is 2.05. The quantitative estimate of drug-likeness (QED) is 0.797. The van der Waals surface area contributed by atoms with Gasteiger partial charge in [-0.2, -0.15) is 5.10 Å². The molecule has 1 atom stereocenters. The standard InChI is InChI=1S/C13H22BrN5O/c1-18(2)6-7-19-13(20)12(14)11(9-17-19)16-8-10-4-3-5-15-10/h9-10,15-16H,3-8H2,1-2H3. The number of aromatic nitrogens is 2. The topological polar surface area (TPSA) is 62.2 Å². The lowest BCUT2D eigenvalue weighted by atomic mass is 10.2. The molecule has 2 heterocycles. The van der Waals surface area contributed by atoms with Gasteiger partial charge in [-0.15, -0.1) is 0 Å². The smallest absolute Gasteiger partial charge is 0.283 e. The Bertz CT molecular complexity index is 496. The van der Waals surface area contributed by atoms with Crippen molar-refractivity contribution in [1.29, 1.82) is 0 Å². The minimum absolute atomic E-state index is 0.0868. The van der Waals surface area contributed by atoms with Crippen molar-refractivity contribution in [2.24, 2.45) is 0 Å². The molecule has 0 saturated carbocycles. The molecular weight excluding hydrogens is 322 g/mol. The lowest BCUT2D eigenvalue weighted by Gasteiger charge is -2.15. The van der Waals surface area contributed by atoms with Crippen LogP contribution in [-0.4, -0.2) is 54.5 Å². The minimum Gasteiger partial charge on any atom is -0.381 e. The molecule has 2 N–H and O–H groups in total. The van der Waals surface area contributed by atoms with Gasteiger partial charge in [-0.05, 0) is 49.4 Å². The van der Waals surface area contributed by atoms with Gasteiger partial charge in [-0.25, -0.2) is 4.68 Å². The Morgan fingerprint density at radius 2 is 2.40 bits per heavy atom. The number of likely N-dealkylation sites (N-methyl/N-ethyl adjacent to an activating group) is 1. The molecule has 6 nitrogen and oxygen atoms in total. The summed E-state index contributed by atoms with van der Waals surface area (Å²) in [6, 6.07) is 0.484. The van der Waals surface area contributed by atoms with Gasteiger partial charge in [-0.3, -0.25) is 4.79 Å². The molecule has 1 aliphatic heterocycles. The second kappa shape index (κ2) is 7.19. The fourth-order valence-electron chi connectivity index (χ4n) is 2.21. The molecule has 1 fully saturated rings. The van der Waals surface area contributed by atoms with Crippen LogP contribution in [0.15, 0.2) is 15.5 Å². The molecule has 0 radical (unpaired) electrons. The van der Waals surface area contributed by atoms with Crippen molar-refractivity contribution in [2.45, 2.75) is 25.4 Å². The van der Waals surface area contributed by atoms with Gasteiger partial charge in [0, 0.05) is 19.1 Å². The highest BCUT2D eigenvalue weighted by atomic mass is 79.9. The normalized spacial score (nSPS) is 18.7. The Morgan fingerprint density at radius 3 is 3.05 bits per heavy atom. The van der Waals surface area contributed by atoms with Crippen LogP contribution in [0, 0.1) is 0 Å². The van der Waals surface area contributed by atoms with Gasteiger partial charge in [0.1, 0.15) is 4.47 Å². The van der Waals surface area contributed by atoms with E-state index < -0.39 is 0 Å². The Morgan fingerprint density at radius 1 is 1.60 bits per heavy atom. The van der Waals surface area contributed by atoms with Crippen LogP contribution < -0.4 is 16.2 Å². The monoisotopic (exact) mass is 343 g/mol. The van der Waals surface area contributed by atoms with Crippen LogP contribution in [-0.2, 0) is 6.54 Å². The second-order valence-electron chi connectivity index (χ2n) is 5.38. The zero-order valence-electron chi connectivity index (χ0n) is 12.0. The minimum atomic E-state index is -0.0868. The van der Waals surface area contributed by atoms with Crippen LogP contribution in [0.5, 0.6) is 0 Å². The molecule has 2 rings (SSSR count). The molecule has 20 heavy (non-hydrogen) atoms. The fourth-order valence-corrected chi connectivity index (χ4v) is 2.65. The van der Waals surface area contributed by atoms with Crippen LogP contribution in [0.1, 0.15) is 12.8 Å². The number of halogens is 1. The third kappa shape index (κ3) is 4.04. The first-order valence-electron chi connectivity index (χ1n) is 6.95. The zero-order valence-corrected chi connectivity index (χ0v) is 13.6. The highest BCUT2D eigenvalue weighted by Crippen LogP contribution is 2.16. The predicted molar refractivity (Wildman–Crippen MR) is 84.3 cm³/mol. The number of hydrogen-bond donors (Lipinski definition) is 2. The molecule has 112 valence electrons. The van der Waals surface area contributed by atoms with E-state index in [1.54, 1.807) is 6.20 Å². The van der Waals surface area contributed by atoms with Crippen molar-refractivity contribution < 1.29 is 0 Å². The van der Waals surface area contributed by atoms with Gasteiger partial charge < -0.3 is 15.5 Å². The predicted octanol–water partition coefficient (Wildman–Crippen LogP) is 0.731. The van der Waals surface area contributed by atoms with Gasteiger partial charge in [0.15, 0.2) is 0 Å². The van der Waals surface area contributed by atoms with Crippen molar-refractivity contribution in [3.8, 4) is 0 Å². The maximum Gasteiger partial charge on any atom is 0.283 e. The van der Waals surface area contributed by atoms with E-state index in [1.165, 1.54) is 17.5 Å². The van der Waals surface area contributed by atoms with E-state index in [9.17, 15) is 4.79 Å².